The Morgan fingerprint density at radius 2 is 2.05 bits per heavy atom. The maximum atomic E-state index is 12.8. The van der Waals surface area contributed by atoms with Crippen molar-refractivity contribution in [1.82, 2.24) is 9.62 Å². The molecule has 0 aromatic heterocycles. The molecule has 1 fully saturated rings. The zero-order chi connectivity index (χ0) is 15.5. The fourth-order valence-electron chi connectivity index (χ4n) is 2.23. The first-order valence-corrected chi connectivity index (χ1v) is 8.87. The third kappa shape index (κ3) is 3.88. The molecule has 5 nitrogen and oxygen atoms in total. The Labute approximate surface area is 135 Å². The molecule has 1 aliphatic rings. The summed E-state index contributed by atoms with van der Waals surface area (Å²) in [6, 6.07) is 3.08. The Bertz CT molecular complexity index is 600. The number of rotatable bonds is 4. The van der Waals surface area contributed by atoms with Gasteiger partial charge in [-0.25, -0.2) is 8.42 Å². The Hall–Kier alpha value is -0.370. The molecule has 1 saturated heterocycles. The smallest absolute Gasteiger partial charge is 0.244 e. The van der Waals surface area contributed by atoms with Gasteiger partial charge in [0.15, 0.2) is 0 Å². The van der Waals surface area contributed by atoms with Crippen LogP contribution < -0.4 is 5.32 Å². The molecule has 0 bridgehead atoms. The molecular formula is C13H18Cl2N2O3S. The van der Waals surface area contributed by atoms with Crippen LogP contribution in [0.3, 0.4) is 0 Å². The van der Waals surface area contributed by atoms with Gasteiger partial charge < -0.3 is 10.1 Å². The van der Waals surface area contributed by atoms with Crippen molar-refractivity contribution in [3.8, 4) is 0 Å². The van der Waals surface area contributed by atoms with E-state index < -0.39 is 10.0 Å². The molecule has 0 spiro atoms. The zero-order valence-electron chi connectivity index (χ0n) is 11.7. The van der Waals surface area contributed by atoms with E-state index in [0.29, 0.717) is 49.9 Å². The lowest BCUT2D eigenvalue weighted by Crippen LogP contribution is -2.33. The molecule has 0 amide bonds. The summed E-state index contributed by atoms with van der Waals surface area (Å²) >= 11 is 12.3. The summed E-state index contributed by atoms with van der Waals surface area (Å²) in [5.41, 5.74) is 0.663. The molecule has 0 atom stereocenters. The lowest BCUT2D eigenvalue weighted by molar-refractivity contribution is 0.148. The van der Waals surface area contributed by atoms with Gasteiger partial charge >= 0.3 is 0 Å². The van der Waals surface area contributed by atoms with E-state index in [-0.39, 0.29) is 9.92 Å². The van der Waals surface area contributed by atoms with Gasteiger partial charge in [0.1, 0.15) is 4.90 Å². The SMILES string of the molecule is CNCc1cc(Cl)cc(S(=O)(=O)N2CCCOCC2)c1Cl. The maximum absolute atomic E-state index is 12.8. The van der Waals surface area contributed by atoms with Crippen molar-refractivity contribution in [3.05, 3.63) is 27.7 Å². The van der Waals surface area contributed by atoms with Crippen LogP contribution in [-0.4, -0.2) is 46.1 Å². The second kappa shape index (κ2) is 7.26. The Balaban J connectivity index is 2.43. The van der Waals surface area contributed by atoms with Crippen LogP contribution in [-0.2, 0) is 21.3 Å². The van der Waals surface area contributed by atoms with Crippen LogP contribution in [0.1, 0.15) is 12.0 Å². The molecule has 118 valence electrons. The summed E-state index contributed by atoms with van der Waals surface area (Å²) in [5, 5.41) is 3.53. The monoisotopic (exact) mass is 352 g/mol. The van der Waals surface area contributed by atoms with E-state index in [9.17, 15) is 8.42 Å². The first-order chi connectivity index (χ1) is 9.96. The summed E-state index contributed by atoms with van der Waals surface area (Å²) in [4.78, 5) is 0.0591. The fourth-order valence-corrected chi connectivity index (χ4v) is 4.60. The van der Waals surface area contributed by atoms with Crippen molar-refractivity contribution in [2.75, 3.05) is 33.4 Å². The van der Waals surface area contributed by atoms with Gasteiger partial charge in [-0.05, 0) is 31.2 Å². The second-order valence-electron chi connectivity index (χ2n) is 4.78. The third-order valence-electron chi connectivity index (χ3n) is 3.25. The molecule has 1 aromatic carbocycles. The molecular weight excluding hydrogens is 335 g/mol. The molecule has 0 aliphatic carbocycles. The number of halogens is 2. The molecule has 1 aliphatic heterocycles. The van der Waals surface area contributed by atoms with E-state index in [2.05, 4.69) is 5.32 Å². The van der Waals surface area contributed by atoms with Crippen LogP contribution in [0.5, 0.6) is 0 Å². The average molecular weight is 353 g/mol. The normalized spacial score (nSPS) is 17.7. The van der Waals surface area contributed by atoms with Crippen molar-refractivity contribution < 1.29 is 13.2 Å². The largest absolute Gasteiger partial charge is 0.380 e. The molecule has 0 unspecified atom stereocenters. The second-order valence-corrected chi connectivity index (χ2v) is 7.50. The number of nitrogens with zero attached hydrogens (tertiary/aromatic N) is 1. The molecule has 1 heterocycles. The van der Waals surface area contributed by atoms with Crippen LogP contribution in [0.25, 0.3) is 0 Å². The molecule has 0 saturated carbocycles. The van der Waals surface area contributed by atoms with Crippen molar-refractivity contribution in [1.29, 1.82) is 0 Å². The number of sulfonamides is 1. The summed E-state index contributed by atoms with van der Waals surface area (Å²) in [5.74, 6) is 0. The van der Waals surface area contributed by atoms with Crippen LogP contribution in [0.15, 0.2) is 17.0 Å². The predicted octanol–water partition coefficient (Wildman–Crippen LogP) is 2.12. The first-order valence-electron chi connectivity index (χ1n) is 6.67. The van der Waals surface area contributed by atoms with E-state index in [1.54, 1.807) is 13.1 Å². The van der Waals surface area contributed by atoms with E-state index in [4.69, 9.17) is 27.9 Å². The van der Waals surface area contributed by atoms with E-state index in [0.717, 1.165) is 0 Å². The Morgan fingerprint density at radius 3 is 2.76 bits per heavy atom. The van der Waals surface area contributed by atoms with Crippen molar-refractivity contribution in [2.24, 2.45) is 0 Å². The van der Waals surface area contributed by atoms with E-state index in [1.807, 2.05) is 0 Å². The van der Waals surface area contributed by atoms with Crippen LogP contribution in [0.4, 0.5) is 0 Å². The molecule has 0 radical (unpaired) electrons. The molecule has 1 aromatic rings. The Kier molecular flexibility index (Phi) is 5.88. The van der Waals surface area contributed by atoms with Crippen molar-refractivity contribution in [3.63, 3.8) is 0 Å². The number of nitrogens with one attached hydrogen (secondary N) is 1. The molecule has 21 heavy (non-hydrogen) atoms. The third-order valence-corrected chi connectivity index (χ3v) is 5.95. The van der Waals surface area contributed by atoms with Gasteiger partial charge in [0, 0.05) is 31.3 Å². The van der Waals surface area contributed by atoms with Gasteiger partial charge in [0.05, 0.1) is 11.6 Å². The highest BCUT2D eigenvalue weighted by Gasteiger charge is 2.28. The van der Waals surface area contributed by atoms with Crippen LogP contribution in [0, 0.1) is 0 Å². The highest BCUT2D eigenvalue weighted by molar-refractivity contribution is 7.89. The summed E-state index contributed by atoms with van der Waals surface area (Å²) < 4.78 is 32.3. The Morgan fingerprint density at radius 1 is 1.29 bits per heavy atom. The van der Waals surface area contributed by atoms with E-state index >= 15 is 0 Å². The average Bonchev–Trinajstić information content (AvgIpc) is 2.72. The number of hydrogen-bond donors (Lipinski definition) is 1. The van der Waals surface area contributed by atoms with Gasteiger partial charge in [-0.15, -0.1) is 0 Å². The van der Waals surface area contributed by atoms with Crippen LogP contribution in [0.2, 0.25) is 10.0 Å². The zero-order valence-corrected chi connectivity index (χ0v) is 14.1. The summed E-state index contributed by atoms with van der Waals surface area (Å²) in [7, 11) is -1.91. The number of benzene rings is 1. The van der Waals surface area contributed by atoms with Gasteiger partial charge in [-0.2, -0.15) is 4.31 Å². The summed E-state index contributed by atoms with van der Waals surface area (Å²) in [6.45, 7) is 2.16. The standard InChI is InChI=1S/C13H18Cl2N2O3S/c1-16-9-10-7-11(14)8-12(13(10)15)21(18,19)17-3-2-5-20-6-4-17/h7-8,16H,2-6,9H2,1H3. The minimum Gasteiger partial charge on any atom is -0.380 e. The molecule has 8 heteroatoms. The van der Waals surface area contributed by atoms with Crippen molar-refractivity contribution in [2.45, 2.75) is 17.9 Å². The van der Waals surface area contributed by atoms with Crippen molar-refractivity contribution >= 4 is 33.2 Å². The lowest BCUT2D eigenvalue weighted by Gasteiger charge is -2.21. The fraction of sp³-hybridized carbons (Fsp3) is 0.538. The maximum Gasteiger partial charge on any atom is 0.244 e. The van der Waals surface area contributed by atoms with E-state index in [1.165, 1.54) is 10.4 Å². The highest BCUT2D eigenvalue weighted by Crippen LogP contribution is 2.31. The van der Waals surface area contributed by atoms with Gasteiger partial charge in [0.25, 0.3) is 0 Å². The molecule has 1 N–H and O–H groups in total. The number of hydrogen-bond acceptors (Lipinski definition) is 4. The summed E-state index contributed by atoms with van der Waals surface area (Å²) in [6.07, 6.45) is 0.667. The van der Waals surface area contributed by atoms with Crippen LogP contribution >= 0.6 is 23.2 Å². The minimum absolute atomic E-state index is 0.0591. The van der Waals surface area contributed by atoms with Gasteiger partial charge in [-0.1, -0.05) is 23.2 Å². The lowest BCUT2D eigenvalue weighted by atomic mass is 10.2. The minimum atomic E-state index is -3.67. The van der Waals surface area contributed by atoms with Gasteiger partial charge in [-0.3, -0.25) is 0 Å². The molecule has 2 rings (SSSR count). The predicted molar refractivity (Wildman–Crippen MR) is 83.4 cm³/mol. The highest BCUT2D eigenvalue weighted by atomic mass is 35.5. The number of ether oxygens (including phenoxy) is 1. The quantitative estimate of drug-likeness (QED) is 0.901. The topological polar surface area (TPSA) is 58.6 Å². The van der Waals surface area contributed by atoms with Gasteiger partial charge in [0.2, 0.25) is 10.0 Å². The first kappa shape index (κ1) is 17.0.